The minimum atomic E-state index is -3.87. The lowest BCUT2D eigenvalue weighted by molar-refractivity contribution is 0.210. The lowest BCUT2D eigenvalue weighted by Gasteiger charge is -2.33. The molecule has 0 fully saturated rings. The van der Waals surface area contributed by atoms with E-state index in [0.717, 1.165) is 36.0 Å². The van der Waals surface area contributed by atoms with Crippen LogP contribution in [-0.4, -0.2) is 8.42 Å². The Morgan fingerprint density at radius 2 is 1.86 bits per heavy atom. The molecule has 3 aromatic rings. The Kier molecular flexibility index (Phi) is 5.12. The number of benzene rings is 2. The first-order valence-corrected chi connectivity index (χ1v) is 11.8. The molecular formula is C22H23Cl2NO3S. The molecule has 1 aliphatic carbocycles. The second-order valence-electron chi connectivity index (χ2n) is 8.70. The summed E-state index contributed by atoms with van der Waals surface area (Å²) < 4.78 is 34.3. The summed E-state index contributed by atoms with van der Waals surface area (Å²) in [5, 5.41) is 1.39. The van der Waals surface area contributed by atoms with Gasteiger partial charge in [0.2, 0.25) is 0 Å². The van der Waals surface area contributed by atoms with E-state index in [1.165, 1.54) is 17.7 Å². The summed E-state index contributed by atoms with van der Waals surface area (Å²) in [6, 6.07) is 9.74. The quantitative estimate of drug-likeness (QED) is 0.482. The van der Waals surface area contributed by atoms with Gasteiger partial charge in [-0.3, -0.25) is 4.72 Å². The van der Waals surface area contributed by atoms with Gasteiger partial charge in [-0.05, 0) is 60.6 Å². The molecule has 0 spiro atoms. The van der Waals surface area contributed by atoms with E-state index in [1.54, 1.807) is 12.1 Å². The zero-order chi connectivity index (χ0) is 21.0. The summed E-state index contributed by atoms with van der Waals surface area (Å²) in [5.74, 6) is 1.57. The Hall–Kier alpha value is -1.69. The largest absolute Gasteiger partial charge is 0.461 e. The zero-order valence-corrected chi connectivity index (χ0v) is 18.9. The molecule has 1 heterocycles. The fraction of sp³-hybridized carbons (Fsp3) is 0.364. The topological polar surface area (TPSA) is 59.3 Å². The summed E-state index contributed by atoms with van der Waals surface area (Å²) in [5.41, 5.74) is 2.65. The van der Waals surface area contributed by atoms with Crippen LogP contribution in [0.4, 0.5) is 5.69 Å². The average molecular weight is 452 g/mol. The molecule has 1 atom stereocenters. The number of hydrogen-bond acceptors (Lipinski definition) is 3. The molecule has 1 aliphatic rings. The molecule has 2 aromatic carbocycles. The highest BCUT2D eigenvalue weighted by atomic mass is 35.5. The third kappa shape index (κ3) is 4.00. The van der Waals surface area contributed by atoms with Crippen LogP contribution in [0.5, 0.6) is 0 Å². The zero-order valence-electron chi connectivity index (χ0n) is 16.6. The molecule has 1 unspecified atom stereocenters. The van der Waals surface area contributed by atoms with E-state index < -0.39 is 10.0 Å². The van der Waals surface area contributed by atoms with Crippen LogP contribution in [0.15, 0.2) is 45.7 Å². The van der Waals surface area contributed by atoms with Crippen LogP contribution < -0.4 is 4.72 Å². The normalized spacial score (nSPS) is 17.3. The lowest BCUT2D eigenvalue weighted by atomic mass is 9.71. The highest BCUT2D eigenvalue weighted by Crippen LogP contribution is 2.41. The Morgan fingerprint density at radius 1 is 1.10 bits per heavy atom. The van der Waals surface area contributed by atoms with Crippen molar-refractivity contribution in [3.8, 4) is 0 Å². The number of anilines is 1. The van der Waals surface area contributed by atoms with Gasteiger partial charge in [-0.15, -0.1) is 0 Å². The number of fused-ring (bicyclic) bond motifs is 3. The second kappa shape index (κ2) is 7.22. The van der Waals surface area contributed by atoms with Crippen molar-refractivity contribution in [3.63, 3.8) is 0 Å². The number of sulfonamides is 1. The summed E-state index contributed by atoms with van der Waals surface area (Å²) in [4.78, 5) is -0.0474. The van der Waals surface area contributed by atoms with Crippen molar-refractivity contribution in [1.82, 2.24) is 0 Å². The van der Waals surface area contributed by atoms with Crippen LogP contribution in [0.2, 0.25) is 10.0 Å². The molecule has 29 heavy (non-hydrogen) atoms. The van der Waals surface area contributed by atoms with Crippen molar-refractivity contribution in [3.05, 3.63) is 57.8 Å². The summed E-state index contributed by atoms with van der Waals surface area (Å²) in [6.07, 6.45) is 2.94. The van der Waals surface area contributed by atoms with Gasteiger partial charge in [-0.1, -0.05) is 44.0 Å². The molecule has 1 aromatic heterocycles. The van der Waals surface area contributed by atoms with Crippen molar-refractivity contribution in [2.24, 2.45) is 11.3 Å². The van der Waals surface area contributed by atoms with Crippen molar-refractivity contribution < 1.29 is 12.8 Å². The minimum absolute atomic E-state index is 0.0474. The van der Waals surface area contributed by atoms with Gasteiger partial charge in [0.1, 0.15) is 16.2 Å². The van der Waals surface area contributed by atoms with E-state index in [9.17, 15) is 8.42 Å². The van der Waals surface area contributed by atoms with E-state index in [2.05, 4.69) is 25.5 Å². The monoisotopic (exact) mass is 451 g/mol. The van der Waals surface area contributed by atoms with Crippen molar-refractivity contribution in [2.75, 3.05) is 4.72 Å². The van der Waals surface area contributed by atoms with Crippen LogP contribution in [0.3, 0.4) is 0 Å². The molecule has 0 saturated carbocycles. The third-order valence-corrected chi connectivity index (χ3v) is 7.80. The van der Waals surface area contributed by atoms with Crippen molar-refractivity contribution in [2.45, 2.75) is 44.9 Å². The first-order chi connectivity index (χ1) is 13.5. The highest BCUT2D eigenvalue weighted by Gasteiger charge is 2.31. The van der Waals surface area contributed by atoms with E-state index in [1.807, 2.05) is 12.1 Å². The second-order valence-corrected chi connectivity index (χ2v) is 11.2. The summed E-state index contributed by atoms with van der Waals surface area (Å²) in [7, 11) is -3.87. The summed E-state index contributed by atoms with van der Waals surface area (Å²) >= 11 is 12.0. The van der Waals surface area contributed by atoms with E-state index in [4.69, 9.17) is 27.6 Å². The number of furan rings is 1. The van der Waals surface area contributed by atoms with Gasteiger partial charge in [0, 0.05) is 28.1 Å². The van der Waals surface area contributed by atoms with Gasteiger partial charge in [0.05, 0.1) is 5.02 Å². The number of halogens is 2. The minimum Gasteiger partial charge on any atom is -0.461 e. The maximum Gasteiger partial charge on any atom is 0.263 e. The molecule has 1 N–H and O–H groups in total. The lowest BCUT2D eigenvalue weighted by Crippen LogP contribution is -2.26. The molecule has 0 saturated heterocycles. The van der Waals surface area contributed by atoms with Crippen molar-refractivity contribution in [1.29, 1.82) is 0 Å². The Bertz CT molecular complexity index is 1190. The van der Waals surface area contributed by atoms with Gasteiger partial charge >= 0.3 is 0 Å². The van der Waals surface area contributed by atoms with Gasteiger partial charge < -0.3 is 4.42 Å². The first kappa shape index (κ1) is 20.6. The Morgan fingerprint density at radius 3 is 2.59 bits per heavy atom. The Balaban J connectivity index is 1.70. The predicted octanol–water partition coefficient (Wildman–Crippen LogP) is 6.69. The number of rotatable bonds is 3. The number of nitrogens with one attached hydrogen (secondary N) is 1. The third-order valence-electron chi connectivity index (χ3n) is 5.70. The molecule has 4 nitrogen and oxygen atoms in total. The number of aryl methyl sites for hydroxylation is 1. The van der Waals surface area contributed by atoms with Gasteiger partial charge in [0.25, 0.3) is 10.0 Å². The standard InChI is InChI=1S/C22H23Cl2NO3S/c1-22(2,3)13-4-8-19-16(10-13)17-12-15(6-9-20(17)28-19)25-29(26,27)21-11-14(23)5-7-18(21)24/h5-7,9,11-13,25H,4,8,10H2,1-3H3. The van der Waals surface area contributed by atoms with Crippen LogP contribution in [-0.2, 0) is 22.9 Å². The molecule has 0 radical (unpaired) electrons. The first-order valence-electron chi connectivity index (χ1n) is 9.57. The fourth-order valence-corrected chi connectivity index (χ4v) is 5.79. The van der Waals surface area contributed by atoms with E-state index in [-0.39, 0.29) is 15.3 Å². The molecule has 4 rings (SSSR count). The van der Waals surface area contributed by atoms with Gasteiger partial charge in [-0.25, -0.2) is 8.42 Å². The maximum atomic E-state index is 12.8. The molecule has 0 aliphatic heterocycles. The van der Waals surface area contributed by atoms with Crippen LogP contribution >= 0.6 is 23.2 Å². The maximum absolute atomic E-state index is 12.8. The van der Waals surface area contributed by atoms with Gasteiger partial charge in [0.15, 0.2) is 0 Å². The molecular weight excluding hydrogens is 429 g/mol. The van der Waals surface area contributed by atoms with Crippen LogP contribution in [0.25, 0.3) is 11.0 Å². The SMILES string of the molecule is CC(C)(C)C1CCc2oc3ccc(NS(=O)(=O)c4cc(Cl)ccc4Cl)cc3c2C1. The fourth-order valence-electron chi connectivity index (χ4n) is 3.97. The Labute approximate surface area is 181 Å². The smallest absolute Gasteiger partial charge is 0.263 e. The van der Waals surface area contributed by atoms with Crippen molar-refractivity contribution >= 4 is 49.9 Å². The van der Waals surface area contributed by atoms with Crippen LogP contribution in [0, 0.1) is 11.3 Å². The number of hydrogen-bond donors (Lipinski definition) is 1. The molecule has 7 heteroatoms. The average Bonchev–Trinajstić information content (AvgIpc) is 3.00. The predicted molar refractivity (Wildman–Crippen MR) is 118 cm³/mol. The molecule has 0 bridgehead atoms. The highest BCUT2D eigenvalue weighted by molar-refractivity contribution is 7.92. The molecule has 154 valence electrons. The molecule has 0 amide bonds. The van der Waals surface area contributed by atoms with E-state index in [0.29, 0.717) is 16.6 Å². The van der Waals surface area contributed by atoms with Crippen LogP contribution in [0.1, 0.15) is 38.5 Å². The van der Waals surface area contributed by atoms with Gasteiger partial charge in [-0.2, -0.15) is 0 Å². The summed E-state index contributed by atoms with van der Waals surface area (Å²) in [6.45, 7) is 6.79. The van der Waals surface area contributed by atoms with E-state index >= 15 is 0 Å².